The van der Waals surface area contributed by atoms with E-state index in [1.54, 1.807) is 0 Å². The van der Waals surface area contributed by atoms with Gasteiger partial charge in [-0.2, -0.15) is 0 Å². The minimum atomic E-state index is 0.592. The van der Waals surface area contributed by atoms with Crippen LogP contribution >= 0.6 is 0 Å². The van der Waals surface area contributed by atoms with Gasteiger partial charge in [-0.15, -0.1) is 0 Å². The summed E-state index contributed by atoms with van der Waals surface area (Å²) in [7, 11) is 0. The molecule has 0 unspecified atom stereocenters. The topological polar surface area (TPSA) is 32.5 Å². The highest BCUT2D eigenvalue weighted by Gasteiger charge is 2.20. The van der Waals surface area contributed by atoms with E-state index in [0.717, 1.165) is 72.3 Å². The first-order chi connectivity index (χ1) is 24.3. The Balaban J connectivity index is 1.21. The number of fused-ring (bicyclic) bond motifs is 6. The fourth-order valence-electron chi connectivity index (χ4n) is 6.81. The van der Waals surface area contributed by atoms with Gasteiger partial charge in [-0.1, -0.05) is 103 Å². The highest BCUT2D eigenvalue weighted by molar-refractivity contribution is 6.23. The number of para-hydroxylation sites is 4. The predicted octanol–water partition coefficient (Wildman–Crippen LogP) is 12.7. The second-order valence-corrected chi connectivity index (χ2v) is 12.0. The van der Waals surface area contributed by atoms with Crippen LogP contribution in [-0.2, 0) is 0 Å². The van der Waals surface area contributed by atoms with E-state index in [4.69, 9.17) is 9.40 Å². The number of benzene rings is 8. The van der Waals surface area contributed by atoms with E-state index in [-0.39, 0.29) is 0 Å². The van der Waals surface area contributed by atoms with Crippen molar-refractivity contribution in [2.24, 2.45) is 0 Å². The summed E-state index contributed by atoms with van der Waals surface area (Å²) in [6, 6.07) is 65.4. The molecule has 0 aliphatic heterocycles. The molecule has 0 N–H and O–H groups in total. The quantitative estimate of drug-likeness (QED) is 0.164. The molecule has 8 aromatic carbocycles. The molecule has 0 saturated carbocycles. The maximum Gasteiger partial charge on any atom is 0.227 e. The van der Waals surface area contributed by atoms with Crippen LogP contribution in [0.15, 0.2) is 192 Å². The first kappa shape index (κ1) is 28.6. The maximum atomic E-state index is 6.75. The highest BCUT2D eigenvalue weighted by Crippen LogP contribution is 2.42. The van der Waals surface area contributed by atoms with Gasteiger partial charge in [0.25, 0.3) is 0 Å². The molecule has 0 aliphatic rings. The molecular weight excluding hydrogens is 599 g/mol. The number of aromatic nitrogens is 1. The molecule has 9 rings (SSSR count). The summed E-state index contributed by atoms with van der Waals surface area (Å²) >= 11 is 0. The van der Waals surface area contributed by atoms with Crippen molar-refractivity contribution in [2.75, 3.05) is 9.80 Å². The van der Waals surface area contributed by atoms with Gasteiger partial charge in [0.15, 0.2) is 5.58 Å². The maximum absolute atomic E-state index is 6.75. The molecule has 4 nitrogen and oxygen atoms in total. The van der Waals surface area contributed by atoms with E-state index in [1.807, 2.05) is 12.1 Å². The van der Waals surface area contributed by atoms with E-state index in [2.05, 4.69) is 186 Å². The van der Waals surface area contributed by atoms with Gasteiger partial charge in [0.05, 0.1) is 0 Å². The van der Waals surface area contributed by atoms with Crippen molar-refractivity contribution in [2.45, 2.75) is 0 Å². The molecule has 0 atom stereocenters. The van der Waals surface area contributed by atoms with Crippen LogP contribution in [0.5, 0.6) is 0 Å². The molecule has 9 aromatic rings. The SMILES string of the molecule is c1ccc(N(c2ccccc2)c2cccc(-c3nc4c5ccccc5c5cc(N(c6ccccc6)c6ccccc6)ccc5c4o3)c2)cc1. The van der Waals surface area contributed by atoms with E-state index in [9.17, 15) is 0 Å². The van der Waals surface area contributed by atoms with Gasteiger partial charge in [0.1, 0.15) is 5.52 Å². The average Bonchev–Trinajstić information content (AvgIpc) is 3.63. The van der Waals surface area contributed by atoms with E-state index in [1.165, 1.54) is 0 Å². The summed E-state index contributed by atoms with van der Waals surface area (Å²) < 4.78 is 6.75. The third-order valence-corrected chi connectivity index (χ3v) is 9.01. The van der Waals surface area contributed by atoms with E-state index < -0.39 is 0 Å². The Bertz CT molecular complexity index is 2470. The number of nitrogens with zero attached hydrogens (tertiary/aromatic N) is 3. The summed E-state index contributed by atoms with van der Waals surface area (Å²) in [6.07, 6.45) is 0. The van der Waals surface area contributed by atoms with Crippen LogP contribution in [0.2, 0.25) is 0 Å². The van der Waals surface area contributed by atoms with Crippen LogP contribution in [0.25, 0.3) is 44.1 Å². The lowest BCUT2D eigenvalue weighted by molar-refractivity contribution is 0.623. The van der Waals surface area contributed by atoms with E-state index in [0.29, 0.717) is 5.89 Å². The fraction of sp³-hybridized carbons (Fsp3) is 0. The molecule has 49 heavy (non-hydrogen) atoms. The van der Waals surface area contributed by atoms with Crippen LogP contribution in [0.3, 0.4) is 0 Å². The smallest absolute Gasteiger partial charge is 0.227 e. The summed E-state index contributed by atoms with van der Waals surface area (Å²) in [5.74, 6) is 0.592. The zero-order valence-corrected chi connectivity index (χ0v) is 26.6. The summed E-state index contributed by atoms with van der Waals surface area (Å²) in [6.45, 7) is 0. The Kier molecular flexibility index (Phi) is 7.10. The molecule has 0 radical (unpaired) electrons. The van der Waals surface area contributed by atoms with Gasteiger partial charge in [0, 0.05) is 50.5 Å². The van der Waals surface area contributed by atoms with Crippen molar-refractivity contribution >= 4 is 66.8 Å². The molecule has 0 fully saturated rings. The highest BCUT2D eigenvalue weighted by atomic mass is 16.3. The zero-order valence-electron chi connectivity index (χ0n) is 26.6. The summed E-state index contributed by atoms with van der Waals surface area (Å²) in [4.78, 5) is 9.71. The Hall–Kier alpha value is -6.65. The lowest BCUT2D eigenvalue weighted by atomic mass is 9.99. The molecule has 0 spiro atoms. The molecular formula is C45H31N3O. The van der Waals surface area contributed by atoms with Crippen molar-refractivity contribution in [1.29, 1.82) is 0 Å². The molecule has 0 amide bonds. The number of hydrogen-bond acceptors (Lipinski definition) is 4. The minimum Gasteiger partial charge on any atom is -0.435 e. The number of rotatable bonds is 7. The Morgan fingerprint density at radius 1 is 0.347 bits per heavy atom. The molecule has 0 bridgehead atoms. The molecule has 0 aliphatic carbocycles. The van der Waals surface area contributed by atoms with Crippen molar-refractivity contribution in [1.82, 2.24) is 4.98 Å². The average molecular weight is 630 g/mol. The van der Waals surface area contributed by atoms with Gasteiger partial charge >= 0.3 is 0 Å². The second-order valence-electron chi connectivity index (χ2n) is 12.0. The standard InChI is InChI=1S/C45H31N3O/c1-5-17-33(18-6-1)47(34-19-7-2-8-20-34)37-25-15-16-32(30-37)45-46-43-40-27-14-13-26-39(40)42-31-38(28-29-41(42)44(43)49-45)48(35-21-9-3-10-22-35)36-23-11-4-12-24-36/h1-31H. The monoisotopic (exact) mass is 629 g/mol. The van der Waals surface area contributed by atoms with Crippen LogP contribution in [-0.4, -0.2) is 4.98 Å². The van der Waals surface area contributed by atoms with Crippen molar-refractivity contribution in [3.05, 3.63) is 188 Å². The minimum absolute atomic E-state index is 0.592. The first-order valence-corrected chi connectivity index (χ1v) is 16.5. The van der Waals surface area contributed by atoms with Crippen LogP contribution < -0.4 is 9.80 Å². The lowest BCUT2D eigenvalue weighted by Crippen LogP contribution is -2.09. The van der Waals surface area contributed by atoms with Gasteiger partial charge in [-0.05, 0) is 95.7 Å². The van der Waals surface area contributed by atoms with Gasteiger partial charge in [0.2, 0.25) is 5.89 Å². The molecule has 0 saturated heterocycles. The normalized spacial score (nSPS) is 11.3. The van der Waals surface area contributed by atoms with Crippen LogP contribution in [0.1, 0.15) is 0 Å². The van der Waals surface area contributed by atoms with Gasteiger partial charge in [-0.25, -0.2) is 4.98 Å². The van der Waals surface area contributed by atoms with Crippen molar-refractivity contribution in [3.8, 4) is 11.5 Å². The molecule has 4 heteroatoms. The number of anilines is 6. The zero-order chi connectivity index (χ0) is 32.6. The fourth-order valence-corrected chi connectivity index (χ4v) is 6.81. The molecule has 1 aromatic heterocycles. The second kappa shape index (κ2) is 12.2. The van der Waals surface area contributed by atoms with Gasteiger partial charge in [-0.3, -0.25) is 0 Å². The molecule has 1 heterocycles. The first-order valence-electron chi connectivity index (χ1n) is 16.5. The summed E-state index contributed by atoms with van der Waals surface area (Å²) in [5, 5.41) is 4.35. The Morgan fingerprint density at radius 3 is 1.37 bits per heavy atom. The summed E-state index contributed by atoms with van der Waals surface area (Å²) in [5.41, 5.74) is 9.02. The molecule has 232 valence electrons. The van der Waals surface area contributed by atoms with Crippen molar-refractivity contribution in [3.63, 3.8) is 0 Å². The largest absolute Gasteiger partial charge is 0.435 e. The van der Waals surface area contributed by atoms with Crippen LogP contribution in [0, 0.1) is 0 Å². The van der Waals surface area contributed by atoms with Crippen LogP contribution in [0.4, 0.5) is 34.1 Å². The third kappa shape index (κ3) is 5.16. The Labute approximate surface area is 284 Å². The number of oxazole rings is 1. The predicted molar refractivity (Wildman–Crippen MR) is 204 cm³/mol. The van der Waals surface area contributed by atoms with E-state index >= 15 is 0 Å². The van der Waals surface area contributed by atoms with Gasteiger partial charge < -0.3 is 14.2 Å². The third-order valence-electron chi connectivity index (χ3n) is 9.01. The van der Waals surface area contributed by atoms with Crippen molar-refractivity contribution < 1.29 is 4.42 Å². The number of hydrogen-bond donors (Lipinski definition) is 0. The lowest BCUT2D eigenvalue weighted by Gasteiger charge is -2.25. The Morgan fingerprint density at radius 2 is 0.816 bits per heavy atom.